The van der Waals surface area contributed by atoms with Crippen LogP contribution in [0.15, 0.2) is 12.3 Å². The molecule has 1 N–H and O–H groups in total. The van der Waals surface area contributed by atoms with Gasteiger partial charge in [-0.1, -0.05) is 24.4 Å². The maximum atomic E-state index is 8.84. The van der Waals surface area contributed by atoms with E-state index in [1.54, 1.807) is 12.3 Å². The standard InChI is InChI=1S/C13H16ClN3O/c14-12-10(9-15)5-6-16-13(12)17-7-8-18-11-3-1-2-4-11/h5-6,11H,1-4,7-8H2,(H,16,17). The lowest BCUT2D eigenvalue weighted by Gasteiger charge is -2.12. The molecular formula is C13H16ClN3O. The van der Waals surface area contributed by atoms with Crippen molar-refractivity contribution in [2.75, 3.05) is 18.5 Å². The predicted octanol–water partition coefficient (Wildman–Crippen LogP) is 2.98. The Morgan fingerprint density at radius 2 is 2.28 bits per heavy atom. The molecule has 0 atom stereocenters. The summed E-state index contributed by atoms with van der Waals surface area (Å²) in [4.78, 5) is 4.11. The van der Waals surface area contributed by atoms with Gasteiger partial charge < -0.3 is 10.1 Å². The molecule has 0 spiro atoms. The summed E-state index contributed by atoms with van der Waals surface area (Å²) in [5.74, 6) is 0.547. The SMILES string of the molecule is N#Cc1ccnc(NCCOC2CCCC2)c1Cl. The Balaban J connectivity index is 1.78. The Morgan fingerprint density at radius 3 is 3.00 bits per heavy atom. The van der Waals surface area contributed by atoms with Gasteiger partial charge in [0.25, 0.3) is 0 Å². The smallest absolute Gasteiger partial charge is 0.146 e. The third-order valence-electron chi connectivity index (χ3n) is 3.06. The molecule has 1 fully saturated rings. The van der Waals surface area contributed by atoms with Gasteiger partial charge in [-0.2, -0.15) is 5.26 Å². The van der Waals surface area contributed by atoms with E-state index < -0.39 is 0 Å². The van der Waals surface area contributed by atoms with E-state index in [1.165, 1.54) is 25.7 Å². The van der Waals surface area contributed by atoms with Gasteiger partial charge >= 0.3 is 0 Å². The molecule has 5 heteroatoms. The first-order chi connectivity index (χ1) is 8.81. The highest BCUT2D eigenvalue weighted by Crippen LogP contribution is 2.23. The summed E-state index contributed by atoms with van der Waals surface area (Å²) in [5.41, 5.74) is 0.436. The second-order valence-corrected chi connectivity index (χ2v) is 4.71. The number of nitriles is 1. The van der Waals surface area contributed by atoms with Crippen molar-refractivity contribution in [3.8, 4) is 6.07 Å². The molecule has 0 bridgehead atoms. The highest BCUT2D eigenvalue weighted by molar-refractivity contribution is 6.34. The molecular weight excluding hydrogens is 250 g/mol. The van der Waals surface area contributed by atoms with Gasteiger partial charge in [-0.25, -0.2) is 4.98 Å². The molecule has 2 rings (SSSR count). The molecule has 0 amide bonds. The summed E-state index contributed by atoms with van der Waals surface area (Å²) in [7, 11) is 0. The lowest BCUT2D eigenvalue weighted by molar-refractivity contribution is 0.0659. The van der Waals surface area contributed by atoms with E-state index in [2.05, 4.69) is 10.3 Å². The number of nitrogens with zero attached hydrogens (tertiary/aromatic N) is 2. The Hall–Kier alpha value is -1.31. The van der Waals surface area contributed by atoms with Crippen molar-refractivity contribution in [3.63, 3.8) is 0 Å². The van der Waals surface area contributed by atoms with Crippen molar-refractivity contribution in [1.29, 1.82) is 5.26 Å². The van der Waals surface area contributed by atoms with Crippen LogP contribution in [0.1, 0.15) is 31.2 Å². The van der Waals surface area contributed by atoms with Gasteiger partial charge in [-0.15, -0.1) is 0 Å². The Kier molecular flexibility index (Phi) is 4.80. The zero-order chi connectivity index (χ0) is 12.8. The number of rotatable bonds is 5. The number of hydrogen-bond acceptors (Lipinski definition) is 4. The Morgan fingerprint density at radius 1 is 1.50 bits per heavy atom. The van der Waals surface area contributed by atoms with Gasteiger partial charge in [-0.3, -0.25) is 0 Å². The largest absolute Gasteiger partial charge is 0.376 e. The molecule has 4 nitrogen and oxygen atoms in total. The van der Waals surface area contributed by atoms with E-state index in [0.717, 1.165) is 0 Å². The number of ether oxygens (including phenoxy) is 1. The highest BCUT2D eigenvalue weighted by Gasteiger charge is 2.14. The summed E-state index contributed by atoms with van der Waals surface area (Å²) in [6.45, 7) is 1.29. The van der Waals surface area contributed by atoms with Gasteiger partial charge in [-0.05, 0) is 18.9 Å². The quantitative estimate of drug-likeness (QED) is 0.832. The van der Waals surface area contributed by atoms with Crippen LogP contribution in [0, 0.1) is 11.3 Å². The molecule has 1 aliphatic carbocycles. The molecule has 1 aromatic rings. The fourth-order valence-corrected chi connectivity index (χ4v) is 2.32. The van der Waals surface area contributed by atoms with Crippen LogP contribution in [-0.4, -0.2) is 24.2 Å². The fourth-order valence-electron chi connectivity index (χ4n) is 2.10. The van der Waals surface area contributed by atoms with Gasteiger partial charge in [0.15, 0.2) is 0 Å². The summed E-state index contributed by atoms with van der Waals surface area (Å²) in [5, 5.41) is 12.3. The lowest BCUT2D eigenvalue weighted by Crippen LogP contribution is -2.16. The second-order valence-electron chi connectivity index (χ2n) is 4.34. The first-order valence-corrected chi connectivity index (χ1v) is 6.59. The summed E-state index contributed by atoms with van der Waals surface area (Å²) in [6, 6.07) is 3.63. The highest BCUT2D eigenvalue weighted by atomic mass is 35.5. The van der Waals surface area contributed by atoms with Crippen LogP contribution < -0.4 is 5.32 Å². The average Bonchev–Trinajstić information content (AvgIpc) is 2.89. The zero-order valence-electron chi connectivity index (χ0n) is 10.2. The lowest BCUT2D eigenvalue weighted by atomic mass is 10.3. The number of halogens is 1. The summed E-state index contributed by atoms with van der Waals surface area (Å²) < 4.78 is 5.72. The van der Waals surface area contributed by atoms with Crippen molar-refractivity contribution in [3.05, 3.63) is 22.8 Å². The van der Waals surface area contributed by atoms with Crippen LogP contribution in [0.25, 0.3) is 0 Å². The van der Waals surface area contributed by atoms with Crippen LogP contribution in [0.5, 0.6) is 0 Å². The molecule has 96 valence electrons. The molecule has 0 saturated heterocycles. The molecule has 0 aromatic carbocycles. The normalized spacial score (nSPS) is 15.6. The van der Waals surface area contributed by atoms with Crippen molar-refractivity contribution in [2.45, 2.75) is 31.8 Å². The first kappa shape index (κ1) is 13.1. The minimum Gasteiger partial charge on any atom is -0.376 e. The molecule has 1 saturated carbocycles. The molecule has 18 heavy (non-hydrogen) atoms. The van der Waals surface area contributed by atoms with Crippen LogP contribution in [0.4, 0.5) is 5.82 Å². The van der Waals surface area contributed by atoms with E-state index in [1.807, 2.05) is 6.07 Å². The first-order valence-electron chi connectivity index (χ1n) is 6.21. The molecule has 0 aliphatic heterocycles. The van der Waals surface area contributed by atoms with Crippen molar-refractivity contribution in [2.24, 2.45) is 0 Å². The van der Waals surface area contributed by atoms with E-state index >= 15 is 0 Å². The molecule has 1 aliphatic rings. The van der Waals surface area contributed by atoms with Crippen LogP contribution >= 0.6 is 11.6 Å². The summed E-state index contributed by atoms with van der Waals surface area (Å²) in [6.07, 6.45) is 6.88. The number of aromatic nitrogens is 1. The number of nitrogens with one attached hydrogen (secondary N) is 1. The zero-order valence-corrected chi connectivity index (χ0v) is 10.9. The maximum Gasteiger partial charge on any atom is 0.146 e. The number of hydrogen-bond donors (Lipinski definition) is 1. The second kappa shape index (κ2) is 6.58. The third-order valence-corrected chi connectivity index (χ3v) is 3.44. The third kappa shape index (κ3) is 3.34. The van der Waals surface area contributed by atoms with Crippen LogP contribution in [-0.2, 0) is 4.74 Å². The fraction of sp³-hybridized carbons (Fsp3) is 0.538. The average molecular weight is 266 g/mol. The molecule has 0 unspecified atom stereocenters. The molecule has 1 aromatic heterocycles. The van der Waals surface area contributed by atoms with E-state index in [0.29, 0.717) is 35.7 Å². The topological polar surface area (TPSA) is 57.9 Å². The minimum absolute atomic E-state index is 0.376. The van der Waals surface area contributed by atoms with Crippen molar-refractivity contribution >= 4 is 17.4 Å². The minimum atomic E-state index is 0.376. The van der Waals surface area contributed by atoms with Crippen LogP contribution in [0.2, 0.25) is 5.02 Å². The monoisotopic (exact) mass is 265 g/mol. The van der Waals surface area contributed by atoms with Crippen molar-refractivity contribution < 1.29 is 4.74 Å². The van der Waals surface area contributed by atoms with Crippen LogP contribution in [0.3, 0.4) is 0 Å². The number of anilines is 1. The summed E-state index contributed by atoms with van der Waals surface area (Å²) >= 11 is 6.03. The van der Waals surface area contributed by atoms with Crippen molar-refractivity contribution in [1.82, 2.24) is 4.98 Å². The van der Waals surface area contributed by atoms with Gasteiger partial charge in [0.05, 0.1) is 18.3 Å². The number of pyridine rings is 1. The predicted molar refractivity (Wildman–Crippen MR) is 70.7 cm³/mol. The van der Waals surface area contributed by atoms with E-state index in [-0.39, 0.29) is 0 Å². The van der Waals surface area contributed by atoms with E-state index in [4.69, 9.17) is 21.6 Å². The molecule has 1 heterocycles. The molecule has 0 radical (unpaired) electrons. The Labute approximate surface area is 112 Å². The van der Waals surface area contributed by atoms with E-state index in [9.17, 15) is 0 Å². The van der Waals surface area contributed by atoms with Gasteiger partial charge in [0.2, 0.25) is 0 Å². The van der Waals surface area contributed by atoms with Gasteiger partial charge in [0.1, 0.15) is 16.9 Å². The maximum absolute atomic E-state index is 8.84. The van der Waals surface area contributed by atoms with Gasteiger partial charge in [0, 0.05) is 12.7 Å². The Bertz CT molecular complexity index is 438.